The number of esters is 2. The van der Waals surface area contributed by atoms with Gasteiger partial charge in [-0.2, -0.15) is 0 Å². The first-order chi connectivity index (χ1) is 24.1. The topological polar surface area (TPSA) is 102 Å². The first-order valence-electron chi connectivity index (χ1n) is 20.7. The lowest BCUT2D eigenvalue weighted by molar-refractivity contribution is -0.889. The summed E-state index contributed by atoms with van der Waals surface area (Å²) >= 11 is 0. The Balaban J connectivity index is 4.35. The van der Waals surface area contributed by atoms with E-state index in [1.165, 1.54) is 103 Å². The maximum Gasteiger partial charge on any atom is 0.306 e. The highest BCUT2D eigenvalue weighted by Crippen LogP contribution is 2.15. The second kappa shape index (κ2) is 34.2. The van der Waals surface area contributed by atoms with Crippen LogP contribution in [-0.2, 0) is 28.6 Å². The van der Waals surface area contributed by atoms with Gasteiger partial charge < -0.3 is 28.6 Å². The Bertz CT molecular complexity index is 838. The number of hydrogen-bond donors (Lipinski definition) is 0. The Hall–Kier alpha value is -1.93. The third kappa shape index (κ3) is 32.0. The van der Waals surface area contributed by atoms with Crippen molar-refractivity contribution < 1.29 is 38.2 Å². The van der Waals surface area contributed by atoms with Crippen LogP contribution in [0.4, 0.5) is 0 Å². The highest BCUT2D eigenvalue weighted by molar-refractivity contribution is 5.70. The van der Waals surface area contributed by atoms with E-state index >= 15 is 0 Å². The number of unbranched alkanes of at least 4 members (excludes halogenated alkanes) is 21. The van der Waals surface area contributed by atoms with E-state index in [0.717, 1.165) is 51.4 Å². The molecule has 294 valence electrons. The lowest BCUT2D eigenvalue weighted by Crippen LogP contribution is -2.55. The van der Waals surface area contributed by atoms with Gasteiger partial charge in [-0.25, -0.2) is 0 Å². The van der Waals surface area contributed by atoms with Crippen molar-refractivity contribution >= 4 is 17.9 Å². The molecule has 0 bridgehead atoms. The Labute approximate surface area is 308 Å². The zero-order chi connectivity index (χ0) is 37.1. The van der Waals surface area contributed by atoms with Crippen LogP contribution in [0.25, 0.3) is 0 Å². The fraction of sp³-hybridized carbons (Fsp3) is 0.881. The fourth-order valence-corrected chi connectivity index (χ4v) is 6.11. The number of hydrogen-bond acceptors (Lipinski definition) is 7. The van der Waals surface area contributed by atoms with E-state index in [4.69, 9.17) is 14.2 Å². The Kier molecular flexibility index (Phi) is 32.9. The van der Waals surface area contributed by atoms with Crippen LogP contribution in [0.2, 0.25) is 0 Å². The van der Waals surface area contributed by atoms with Gasteiger partial charge in [0.2, 0.25) is 0 Å². The number of carboxylic acids is 1. The lowest BCUT2D eigenvalue weighted by Gasteiger charge is -2.34. The molecule has 0 saturated carbocycles. The van der Waals surface area contributed by atoms with Crippen molar-refractivity contribution in [3.8, 4) is 0 Å². The van der Waals surface area contributed by atoms with Gasteiger partial charge in [0, 0.05) is 19.3 Å². The molecular formula is C42H79NO7. The number of quaternary nitrogens is 1. The summed E-state index contributed by atoms with van der Waals surface area (Å²) in [6.07, 6.45) is 33.7. The summed E-state index contributed by atoms with van der Waals surface area (Å²) in [5.41, 5.74) is 0. The quantitative estimate of drug-likeness (QED) is 0.0274. The molecule has 0 spiro atoms. The molecule has 0 aromatic heterocycles. The van der Waals surface area contributed by atoms with Crippen LogP contribution in [-0.4, -0.2) is 75.5 Å². The van der Waals surface area contributed by atoms with Crippen LogP contribution >= 0.6 is 0 Å². The van der Waals surface area contributed by atoms with E-state index in [2.05, 4.69) is 26.0 Å². The first kappa shape index (κ1) is 48.1. The smallest absolute Gasteiger partial charge is 0.306 e. The molecule has 0 heterocycles. The zero-order valence-corrected chi connectivity index (χ0v) is 33.3. The van der Waals surface area contributed by atoms with Gasteiger partial charge in [0.1, 0.15) is 12.6 Å². The van der Waals surface area contributed by atoms with Crippen molar-refractivity contribution in [1.82, 2.24) is 0 Å². The molecule has 2 atom stereocenters. The van der Waals surface area contributed by atoms with E-state index < -0.39 is 18.1 Å². The molecule has 8 nitrogen and oxygen atoms in total. The number of rotatable bonds is 37. The Morgan fingerprint density at radius 3 is 1.50 bits per heavy atom. The molecular weight excluding hydrogens is 630 g/mol. The molecule has 0 N–H and O–H groups in total. The third-order valence-corrected chi connectivity index (χ3v) is 9.40. The fourth-order valence-electron chi connectivity index (χ4n) is 6.11. The van der Waals surface area contributed by atoms with Crippen LogP contribution in [0.1, 0.15) is 187 Å². The van der Waals surface area contributed by atoms with Gasteiger partial charge in [-0.15, -0.1) is 0 Å². The number of likely N-dealkylation sites (N-methyl/N-ethyl adjacent to an activating group) is 1. The van der Waals surface area contributed by atoms with Crippen LogP contribution in [0.5, 0.6) is 0 Å². The van der Waals surface area contributed by atoms with E-state index in [0.29, 0.717) is 12.8 Å². The van der Waals surface area contributed by atoms with Gasteiger partial charge in [0.15, 0.2) is 6.10 Å². The molecule has 0 saturated heterocycles. The molecule has 0 aliphatic carbocycles. The van der Waals surface area contributed by atoms with Crippen molar-refractivity contribution in [2.75, 3.05) is 41.0 Å². The van der Waals surface area contributed by atoms with Crippen LogP contribution in [0, 0.1) is 0 Å². The molecule has 50 heavy (non-hydrogen) atoms. The number of carbonyl (C=O) groups excluding carboxylic acids is 3. The largest absolute Gasteiger partial charge is 0.544 e. The van der Waals surface area contributed by atoms with Crippen molar-refractivity contribution in [3.05, 3.63) is 12.2 Å². The maximum absolute atomic E-state index is 12.7. The Morgan fingerprint density at radius 1 is 0.580 bits per heavy atom. The van der Waals surface area contributed by atoms with E-state index in [-0.39, 0.29) is 42.7 Å². The molecule has 0 aromatic rings. The summed E-state index contributed by atoms with van der Waals surface area (Å²) in [5.74, 6) is -1.74. The molecule has 8 heteroatoms. The van der Waals surface area contributed by atoms with Crippen molar-refractivity contribution in [2.24, 2.45) is 0 Å². The molecule has 0 aliphatic heterocycles. The van der Waals surface area contributed by atoms with Gasteiger partial charge >= 0.3 is 11.9 Å². The van der Waals surface area contributed by atoms with Gasteiger partial charge in [-0.05, 0) is 32.1 Å². The summed E-state index contributed by atoms with van der Waals surface area (Å²) in [5, 5.41) is 11.6. The molecule has 0 fully saturated rings. The van der Waals surface area contributed by atoms with E-state index in [1.807, 2.05) is 0 Å². The molecule has 0 aromatic carbocycles. The van der Waals surface area contributed by atoms with Gasteiger partial charge in [-0.3, -0.25) is 9.59 Å². The lowest BCUT2D eigenvalue weighted by atomic mass is 10.0. The maximum atomic E-state index is 12.7. The van der Waals surface area contributed by atoms with E-state index in [9.17, 15) is 19.5 Å². The van der Waals surface area contributed by atoms with E-state index in [1.54, 1.807) is 21.1 Å². The number of nitrogens with zero attached hydrogens (tertiary/aromatic N) is 1. The minimum atomic E-state index is -1.12. The summed E-state index contributed by atoms with van der Waals surface area (Å²) in [6, 6.07) is -0.721. The van der Waals surface area contributed by atoms with Crippen LogP contribution in [0.3, 0.4) is 0 Å². The first-order valence-corrected chi connectivity index (χ1v) is 20.7. The van der Waals surface area contributed by atoms with Crippen molar-refractivity contribution in [1.29, 1.82) is 0 Å². The molecule has 0 rings (SSSR count). The van der Waals surface area contributed by atoms with Crippen molar-refractivity contribution in [2.45, 2.75) is 199 Å². The average Bonchev–Trinajstić information content (AvgIpc) is 3.06. The number of allylic oxidation sites excluding steroid dienone is 2. The molecule has 2 unspecified atom stereocenters. The zero-order valence-electron chi connectivity index (χ0n) is 33.3. The average molecular weight is 710 g/mol. The second-order valence-corrected chi connectivity index (χ2v) is 15.2. The highest BCUT2D eigenvalue weighted by atomic mass is 16.6. The molecule has 0 amide bonds. The number of ether oxygens (including phenoxy) is 3. The van der Waals surface area contributed by atoms with Gasteiger partial charge in [0.25, 0.3) is 0 Å². The molecule has 0 radical (unpaired) electrons. The number of aliphatic carboxylic acids is 1. The SMILES string of the molecule is CCCC/C=C/CCCCCCCC(=O)OCC(COCCC(C(=O)[O-])[N+](C)(C)C)OC(=O)CCCCCCCCCCCCCCCCC. The molecule has 0 aliphatic rings. The summed E-state index contributed by atoms with van der Waals surface area (Å²) in [7, 11) is 5.40. The van der Waals surface area contributed by atoms with Gasteiger partial charge in [0.05, 0.1) is 40.3 Å². The third-order valence-electron chi connectivity index (χ3n) is 9.40. The summed E-state index contributed by atoms with van der Waals surface area (Å²) in [4.78, 5) is 36.7. The summed E-state index contributed by atoms with van der Waals surface area (Å²) in [6.45, 7) is 4.62. The summed E-state index contributed by atoms with van der Waals surface area (Å²) < 4.78 is 17.1. The predicted molar refractivity (Wildman–Crippen MR) is 204 cm³/mol. The van der Waals surface area contributed by atoms with Crippen LogP contribution < -0.4 is 5.11 Å². The monoisotopic (exact) mass is 710 g/mol. The number of carboxylic acid groups (broad SMARTS) is 1. The minimum Gasteiger partial charge on any atom is -0.544 e. The highest BCUT2D eigenvalue weighted by Gasteiger charge is 2.25. The minimum absolute atomic E-state index is 0.0433. The normalized spacial score (nSPS) is 13.1. The number of carbonyl (C=O) groups is 3. The predicted octanol–water partition coefficient (Wildman–Crippen LogP) is 9.41. The standard InChI is InChI=1S/C42H79NO7/c1-6-8-10-12-14-16-18-19-20-21-23-25-27-29-31-33-41(45)50-38(36-48-35-34-39(42(46)47)43(3,4)5)37-49-40(44)32-30-28-26-24-22-17-15-13-11-9-7-2/h13,15,38-39H,6-12,14,16-37H2,1-5H3/b15-13+. The van der Waals surface area contributed by atoms with Crippen molar-refractivity contribution in [3.63, 3.8) is 0 Å². The van der Waals surface area contributed by atoms with Crippen LogP contribution in [0.15, 0.2) is 12.2 Å². The Morgan fingerprint density at radius 2 is 1.02 bits per heavy atom. The van der Waals surface area contributed by atoms with Gasteiger partial charge in [-0.1, -0.05) is 148 Å². The second-order valence-electron chi connectivity index (χ2n) is 15.2.